The number of fused-ring (bicyclic) bond motifs is 3. The van der Waals surface area contributed by atoms with Gasteiger partial charge in [0, 0.05) is 4.88 Å². The molecule has 0 bridgehead atoms. The molecule has 0 aromatic carbocycles. The minimum atomic E-state index is -0.657. The van der Waals surface area contributed by atoms with Gasteiger partial charge in [-0.05, 0) is 45.1 Å². The van der Waals surface area contributed by atoms with Gasteiger partial charge < -0.3 is 4.74 Å². The van der Waals surface area contributed by atoms with Crippen molar-refractivity contribution in [1.29, 1.82) is 0 Å². The van der Waals surface area contributed by atoms with Crippen LogP contribution in [0.3, 0.4) is 0 Å². The monoisotopic (exact) mass is 320 g/mol. The molecule has 118 valence electrons. The highest BCUT2D eigenvalue weighted by Gasteiger charge is 2.25. The van der Waals surface area contributed by atoms with E-state index < -0.39 is 6.04 Å². The van der Waals surface area contributed by atoms with Crippen LogP contribution in [0.1, 0.15) is 50.1 Å². The minimum absolute atomic E-state index is 0.127. The molecule has 0 N–H and O–H groups in total. The topological polar surface area (TPSA) is 61.2 Å². The molecule has 0 radical (unpaired) electrons. The Morgan fingerprint density at radius 2 is 2.23 bits per heavy atom. The maximum absolute atomic E-state index is 12.8. The number of thiophene rings is 1. The number of esters is 1. The molecule has 2 atom stereocenters. The third-order valence-corrected chi connectivity index (χ3v) is 5.50. The van der Waals surface area contributed by atoms with Crippen LogP contribution in [0.15, 0.2) is 11.1 Å². The van der Waals surface area contributed by atoms with E-state index in [-0.39, 0.29) is 17.6 Å². The molecule has 0 saturated carbocycles. The van der Waals surface area contributed by atoms with Gasteiger partial charge in [-0.3, -0.25) is 9.36 Å². The molecule has 3 rings (SSSR count). The lowest BCUT2D eigenvalue weighted by Gasteiger charge is -2.17. The Labute approximate surface area is 132 Å². The van der Waals surface area contributed by atoms with Gasteiger partial charge in [-0.25, -0.2) is 9.78 Å². The summed E-state index contributed by atoms with van der Waals surface area (Å²) in [5, 5.41) is 0.697. The predicted octanol–water partition coefficient (Wildman–Crippen LogP) is 2.85. The predicted molar refractivity (Wildman–Crippen MR) is 86.5 cm³/mol. The average molecular weight is 320 g/mol. The molecule has 2 heterocycles. The van der Waals surface area contributed by atoms with Crippen LogP contribution in [0.4, 0.5) is 0 Å². The standard InChI is InChI=1S/C16H20N2O3S/c1-4-9(2)21-16(20)10(3)18-8-17-14-13(15(18)19)11-6-5-7-12(11)22-14/h8-10H,4-7H2,1-3H3/t9-,10+/m1/s1. The SMILES string of the molecule is CC[C@@H](C)OC(=O)[C@H](C)n1cnc2sc3c(c2c1=O)CCC3. The molecule has 22 heavy (non-hydrogen) atoms. The number of aromatic nitrogens is 2. The molecule has 5 nitrogen and oxygen atoms in total. The summed E-state index contributed by atoms with van der Waals surface area (Å²) in [5.74, 6) is -0.385. The molecule has 2 aromatic heterocycles. The second-order valence-electron chi connectivity index (χ2n) is 5.83. The van der Waals surface area contributed by atoms with Crippen molar-refractivity contribution in [3.63, 3.8) is 0 Å². The lowest BCUT2D eigenvalue weighted by Crippen LogP contribution is -2.31. The molecule has 0 amide bonds. The van der Waals surface area contributed by atoms with Crippen molar-refractivity contribution < 1.29 is 9.53 Å². The van der Waals surface area contributed by atoms with Crippen molar-refractivity contribution in [3.05, 3.63) is 27.1 Å². The van der Waals surface area contributed by atoms with Crippen molar-refractivity contribution in [1.82, 2.24) is 9.55 Å². The third kappa shape index (κ3) is 2.45. The Kier molecular flexibility index (Phi) is 4.04. The van der Waals surface area contributed by atoms with E-state index >= 15 is 0 Å². The fourth-order valence-corrected chi connectivity index (χ4v) is 3.99. The van der Waals surface area contributed by atoms with Gasteiger partial charge in [0.05, 0.1) is 17.8 Å². The van der Waals surface area contributed by atoms with Crippen LogP contribution < -0.4 is 5.56 Å². The van der Waals surface area contributed by atoms with Gasteiger partial charge in [-0.2, -0.15) is 0 Å². The molecular formula is C16H20N2O3S. The Balaban J connectivity index is 1.99. The Morgan fingerprint density at radius 3 is 2.95 bits per heavy atom. The molecule has 1 aliphatic carbocycles. The first-order valence-electron chi connectivity index (χ1n) is 7.74. The molecule has 0 unspecified atom stereocenters. The van der Waals surface area contributed by atoms with Crippen LogP contribution >= 0.6 is 11.3 Å². The van der Waals surface area contributed by atoms with Gasteiger partial charge in [0.2, 0.25) is 0 Å². The zero-order valence-corrected chi connectivity index (χ0v) is 13.9. The highest BCUT2D eigenvalue weighted by atomic mass is 32.1. The maximum Gasteiger partial charge on any atom is 0.329 e. The Bertz CT molecular complexity index is 778. The maximum atomic E-state index is 12.8. The first-order valence-corrected chi connectivity index (χ1v) is 8.56. The third-order valence-electron chi connectivity index (χ3n) is 4.30. The van der Waals surface area contributed by atoms with Crippen molar-refractivity contribution >= 4 is 27.5 Å². The summed E-state index contributed by atoms with van der Waals surface area (Å²) in [6.07, 6.45) is 5.13. The van der Waals surface area contributed by atoms with E-state index in [0.29, 0.717) is 5.39 Å². The summed E-state index contributed by atoms with van der Waals surface area (Å²) in [6, 6.07) is -0.657. The van der Waals surface area contributed by atoms with E-state index in [1.807, 2.05) is 13.8 Å². The van der Waals surface area contributed by atoms with E-state index in [9.17, 15) is 9.59 Å². The average Bonchev–Trinajstić information content (AvgIpc) is 3.07. The largest absolute Gasteiger partial charge is 0.461 e. The Hall–Kier alpha value is -1.69. The fourth-order valence-electron chi connectivity index (χ4n) is 2.77. The second-order valence-corrected chi connectivity index (χ2v) is 6.91. The van der Waals surface area contributed by atoms with Crippen LogP contribution in [-0.4, -0.2) is 21.6 Å². The van der Waals surface area contributed by atoms with Gasteiger partial charge in [-0.1, -0.05) is 6.92 Å². The summed E-state index contributed by atoms with van der Waals surface area (Å²) in [7, 11) is 0. The summed E-state index contributed by atoms with van der Waals surface area (Å²) in [5.41, 5.74) is 1.01. The van der Waals surface area contributed by atoms with Gasteiger partial charge in [0.25, 0.3) is 5.56 Å². The van der Waals surface area contributed by atoms with Crippen molar-refractivity contribution in [3.8, 4) is 0 Å². The minimum Gasteiger partial charge on any atom is -0.461 e. The highest BCUT2D eigenvalue weighted by Crippen LogP contribution is 2.34. The number of carbonyl (C=O) groups is 1. The fraction of sp³-hybridized carbons (Fsp3) is 0.562. The van der Waals surface area contributed by atoms with Crippen LogP contribution in [0.2, 0.25) is 0 Å². The highest BCUT2D eigenvalue weighted by molar-refractivity contribution is 7.18. The van der Waals surface area contributed by atoms with Gasteiger partial charge in [-0.15, -0.1) is 11.3 Å². The quantitative estimate of drug-likeness (QED) is 0.813. The zero-order chi connectivity index (χ0) is 15.9. The van der Waals surface area contributed by atoms with Gasteiger partial charge in [0.15, 0.2) is 0 Å². The number of ether oxygens (including phenoxy) is 1. The molecule has 6 heteroatoms. The van der Waals surface area contributed by atoms with Crippen LogP contribution in [0.5, 0.6) is 0 Å². The number of hydrogen-bond donors (Lipinski definition) is 0. The van der Waals surface area contributed by atoms with Gasteiger partial charge in [0.1, 0.15) is 10.9 Å². The van der Waals surface area contributed by atoms with E-state index in [1.54, 1.807) is 18.3 Å². The number of carbonyl (C=O) groups excluding carboxylic acids is 1. The van der Waals surface area contributed by atoms with Crippen LogP contribution in [0.25, 0.3) is 10.2 Å². The zero-order valence-electron chi connectivity index (χ0n) is 13.1. The van der Waals surface area contributed by atoms with E-state index in [4.69, 9.17) is 4.74 Å². The first-order chi connectivity index (χ1) is 10.5. The van der Waals surface area contributed by atoms with Crippen molar-refractivity contribution in [2.45, 2.75) is 58.6 Å². The number of nitrogens with zero attached hydrogens (tertiary/aromatic N) is 2. The Morgan fingerprint density at radius 1 is 1.45 bits per heavy atom. The van der Waals surface area contributed by atoms with Crippen LogP contribution in [-0.2, 0) is 22.4 Å². The van der Waals surface area contributed by atoms with E-state index in [1.165, 1.54) is 15.8 Å². The smallest absolute Gasteiger partial charge is 0.329 e. The summed E-state index contributed by atoms with van der Waals surface area (Å²) in [4.78, 5) is 31.4. The van der Waals surface area contributed by atoms with Crippen molar-refractivity contribution in [2.24, 2.45) is 0 Å². The second kappa shape index (κ2) is 5.83. The van der Waals surface area contributed by atoms with E-state index in [2.05, 4.69) is 4.98 Å². The number of rotatable bonds is 4. The molecule has 1 aliphatic rings. The summed E-state index contributed by atoms with van der Waals surface area (Å²) >= 11 is 1.60. The first kappa shape index (κ1) is 15.2. The van der Waals surface area contributed by atoms with Crippen LogP contribution in [0, 0.1) is 0 Å². The number of hydrogen-bond acceptors (Lipinski definition) is 5. The van der Waals surface area contributed by atoms with E-state index in [0.717, 1.165) is 36.1 Å². The summed E-state index contributed by atoms with van der Waals surface area (Å²) in [6.45, 7) is 5.49. The summed E-state index contributed by atoms with van der Waals surface area (Å²) < 4.78 is 6.73. The molecule has 0 saturated heterocycles. The van der Waals surface area contributed by atoms with Gasteiger partial charge >= 0.3 is 5.97 Å². The lowest BCUT2D eigenvalue weighted by atomic mass is 10.2. The molecule has 0 aliphatic heterocycles. The van der Waals surface area contributed by atoms with Crippen molar-refractivity contribution in [2.75, 3.05) is 0 Å². The molecule has 0 spiro atoms. The molecular weight excluding hydrogens is 300 g/mol. The molecule has 2 aromatic rings. The number of aryl methyl sites for hydroxylation is 2. The normalized spacial score (nSPS) is 16.5. The lowest BCUT2D eigenvalue weighted by molar-refractivity contribution is -0.152. The molecule has 0 fully saturated rings.